The van der Waals surface area contributed by atoms with E-state index >= 15 is 0 Å². The highest BCUT2D eigenvalue weighted by molar-refractivity contribution is 14.1. The van der Waals surface area contributed by atoms with Crippen LogP contribution in [0.3, 0.4) is 0 Å². The van der Waals surface area contributed by atoms with Gasteiger partial charge in [-0.3, -0.25) is 0 Å². The number of halogens is 1. The number of hydrogen-bond donors (Lipinski definition) is 1. The quantitative estimate of drug-likeness (QED) is 0.633. The molecule has 3 nitrogen and oxygen atoms in total. The standard InChI is InChI=1S/C11H16IN3/c1-11(2)8-15(6-5-14-11)9-3-4-10(12)13-7-9/h3-4,7,14H,5-6,8H2,1-2H3. The molecular formula is C11H16IN3. The molecule has 0 bridgehead atoms. The maximum Gasteiger partial charge on any atom is 0.101 e. The zero-order chi connectivity index (χ0) is 10.9. The maximum atomic E-state index is 4.33. The van der Waals surface area contributed by atoms with E-state index in [2.05, 4.69) is 63.8 Å². The molecule has 4 heteroatoms. The van der Waals surface area contributed by atoms with Crippen molar-refractivity contribution in [3.05, 3.63) is 22.0 Å². The van der Waals surface area contributed by atoms with Gasteiger partial charge in [-0.25, -0.2) is 4.98 Å². The summed E-state index contributed by atoms with van der Waals surface area (Å²) in [6.07, 6.45) is 1.96. The molecule has 0 spiro atoms. The van der Waals surface area contributed by atoms with Crippen molar-refractivity contribution in [2.75, 3.05) is 24.5 Å². The fourth-order valence-electron chi connectivity index (χ4n) is 1.92. The van der Waals surface area contributed by atoms with E-state index in [1.165, 1.54) is 5.69 Å². The number of nitrogens with zero attached hydrogens (tertiary/aromatic N) is 2. The van der Waals surface area contributed by atoms with Crippen LogP contribution in [0.4, 0.5) is 5.69 Å². The van der Waals surface area contributed by atoms with Crippen LogP contribution >= 0.6 is 22.6 Å². The largest absolute Gasteiger partial charge is 0.367 e. The summed E-state index contributed by atoms with van der Waals surface area (Å²) in [6.45, 7) is 7.61. The van der Waals surface area contributed by atoms with Crippen molar-refractivity contribution in [3.63, 3.8) is 0 Å². The molecule has 0 atom stereocenters. The highest BCUT2D eigenvalue weighted by Gasteiger charge is 2.25. The zero-order valence-electron chi connectivity index (χ0n) is 9.13. The van der Waals surface area contributed by atoms with Crippen LogP contribution in [0.5, 0.6) is 0 Å². The molecule has 1 N–H and O–H groups in total. The van der Waals surface area contributed by atoms with Crippen LogP contribution in [0, 0.1) is 3.70 Å². The van der Waals surface area contributed by atoms with Gasteiger partial charge in [0.05, 0.1) is 11.9 Å². The Kier molecular flexibility index (Phi) is 3.16. The Bertz CT molecular complexity index is 334. The summed E-state index contributed by atoms with van der Waals surface area (Å²) in [5.74, 6) is 0. The van der Waals surface area contributed by atoms with E-state index < -0.39 is 0 Å². The lowest BCUT2D eigenvalue weighted by Gasteiger charge is -2.40. The number of rotatable bonds is 1. The summed E-state index contributed by atoms with van der Waals surface area (Å²) < 4.78 is 1.05. The first-order valence-corrected chi connectivity index (χ1v) is 6.26. The van der Waals surface area contributed by atoms with Crippen LogP contribution in [0.15, 0.2) is 18.3 Å². The number of aromatic nitrogens is 1. The number of nitrogens with one attached hydrogen (secondary N) is 1. The van der Waals surface area contributed by atoms with Crippen molar-refractivity contribution < 1.29 is 0 Å². The van der Waals surface area contributed by atoms with E-state index in [9.17, 15) is 0 Å². The highest BCUT2D eigenvalue weighted by atomic mass is 127. The first kappa shape index (κ1) is 11.1. The maximum absolute atomic E-state index is 4.33. The Morgan fingerprint density at radius 2 is 2.27 bits per heavy atom. The normalized spacial score (nSPS) is 20.3. The van der Waals surface area contributed by atoms with Crippen molar-refractivity contribution in [1.29, 1.82) is 0 Å². The Labute approximate surface area is 104 Å². The molecule has 0 saturated carbocycles. The summed E-state index contributed by atoms with van der Waals surface area (Å²) in [5, 5.41) is 3.51. The molecule has 15 heavy (non-hydrogen) atoms. The van der Waals surface area contributed by atoms with Crippen LogP contribution in [0.1, 0.15) is 13.8 Å². The van der Waals surface area contributed by atoms with Crippen LogP contribution in [-0.4, -0.2) is 30.2 Å². The lowest BCUT2D eigenvalue weighted by Crippen LogP contribution is -2.57. The Morgan fingerprint density at radius 1 is 1.47 bits per heavy atom. The number of pyridine rings is 1. The third-order valence-electron chi connectivity index (χ3n) is 2.65. The first-order valence-electron chi connectivity index (χ1n) is 5.18. The van der Waals surface area contributed by atoms with Gasteiger partial charge in [0, 0.05) is 25.2 Å². The average molecular weight is 317 g/mol. The molecule has 2 heterocycles. The third-order valence-corrected chi connectivity index (χ3v) is 3.29. The molecule has 1 fully saturated rings. The average Bonchev–Trinajstić information content (AvgIpc) is 2.17. The fourth-order valence-corrected chi connectivity index (χ4v) is 2.24. The molecule has 82 valence electrons. The number of hydrogen-bond acceptors (Lipinski definition) is 3. The molecule has 1 saturated heterocycles. The van der Waals surface area contributed by atoms with E-state index in [-0.39, 0.29) is 5.54 Å². The van der Waals surface area contributed by atoms with Gasteiger partial charge in [0.1, 0.15) is 3.70 Å². The third kappa shape index (κ3) is 2.81. The van der Waals surface area contributed by atoms with E-state index in [0.29, 0.717) is 0 Å². The second-order valence-corrected chi connectivity index (χ2v) is 5.68. The van der Waals surface area contributed by atoms with Crippen molar-refractivity contribution in [2.24, 2.45) is 0 Å². The predicted octanol–water partition coefficient (Wildman–Crippen LogP) is 1.87. The van der Waals surface area contributed by atoms with E-state index in [4.69, 9.17) is 0 Å². The fraction of sp³-hybridized carbons (Fsp3) is 0.545. The van der Waals surface area contributed by atoms with E-state index in [1.807, 2.05) is 6.20 Å². The molecule has 1 aromatic heterocycles. The Hall–Kier alpha value is -0.360. The minimum absolute atomic E-state index is 0.196. The van der Waals surface area contributed by atoms with Gasteiger partial charge in [0.15, 0.2) is 0 Å². The molecule has 1 aromatic rings. The zero-order valence-corrected chi connectivity index (χ0v) is 11.3. The minimum atomic E-state index is 0.196. The summed E-state index contributed by atoms with van der Waals surface area (Å²) in [7, 11) is 0. The SMILES string of the molecule is CC1(C)CN(c2ccc(I)nc2)CCN1. The molecule has 0 aliphatic carbocycles. The van der Waals surface area contributed by atoms with Crippen molar-refractivity contribution >= 4 is 28.3 Å². The Morgan fingerprint density at radius 3 is 2.87 bits per heavy atom. The Balaban J connectivity index is 2.13. The monoisotopic (exact) mass is 317 g/mol. The van der Waals surface area contributed by atoms with Gasteiger partial charge in [-0.05, 0) is 48.6 Å². The molecule has 0 unspecified atom stereocenters. The smallest absolute Gasteiger partial charge is 0.101 e. The number of anilines is 1. The van der Waals surface area contributed by atoms with Crippen LogP contribution in [0.2, 0.25) is 0 Å². The van der Waals surface area contributed by atoms with Crippen molar-refractivity contribution in [1.82, 2.24) is 10.3 Å². The van der Waals surface area contributed by atoms with Gasteiger partial charge in [0.25, 0.3) is 0 Å². The number of piperazine rings is 1. The van der Waals surface area contributed by atoms with Gasteiger partial charge < -0.3 is 10.2 Å². The molecule has 0 radical (unpaired) electrons. The topological polar surface area (TPSA) is 28.2 Å². The molecule has 1 aliphatic rings. The van der Waals surface area contributed by atoms with Gasteiger partial charge >= 0.3 is 0 Å². The molecular weight excluding hydrogens is 301 g/mol. The second kappa shape index (κ2) is 4.25. The highest BCUT2D eigenvalue weighted by Crippen LogP contribution is 2.19. The minimum Gasteiger partial charge on any atom is -0.367 e. The van der Waals surface area contributed by atoms with Crippen molar-refractivity contribution in [3.8, 4) is 0 Å². The van der Waals surface area contributed by atoms with E-state index in [0.717, 1.165) is 23.3 Å². The van der Waals surface area contributed by atoms with Crippen LogP contribution in [-0.2, 0) is 0 Å². The molecule has 1 aliphatic heterocycles. The predicted molar refractivity (Wildman–Crippen MR) is 71.2 cm³/mol. The summed E-state index contributed by atoms with van der Waals surface area (Å²) in [5.41, 5.74) is 1.42. The summed E-state index contributed by atoms with van der Waals surface area (Å²) >= 11 is 2.23. The van der Waals surface area contributed by atoms with E-state index in [1.54, 1.807) is 0 Å². The van der Waals surface area contributed by atoms with Gasteiger partial charge in [0.2, 0.25) is 0 Å². The molecule has 0 aromatic carbocycles. The first-order chi connectivity index (χ1) is 7.07. The van der Waals surface area contributed by atoms with Crippen LogP contribution in [0.25, 0.3) is 0 Å². The summed E-state index contributed by atoms with van der Waals surface area (Å²) in [4.78, 5) is 6.72. The van der Waals surface area contributed by atoms with Gasteiger partial charge in [-0.2, -0.15) is 0 Å². The lowest BCUT2D eigenvalue weighted by molar-refractivity contribution is 0.353. The molecule has 2 rings (SSSR count). The van der Waals surface area contributed by atoms with Crippen molar-refractivity contribution in [2.45, 2.75) is 19.4 Å². The second-order valence-electron chi connectivity index (χ2n) is 4.57. The van der Waals surface area contributed by atoms with Gasteiger partial charge in [-0.15, -0.1) is 0 Å². The van der Waals surface area contributed by atoms with Crippen LogP contribution < -0.4 is 10.2 Å². The lowest BCUT2D eigenvalue weighted by atomic mass is 10.0. The van der Waals surface area contributed by atoms with Gasteiger partial charge in [-0.1, -0.05) is 0 Å². The summed E-state index contributed by atoms with van der Waals surface area (Å²) in [6, 6.07) is 4.21. The molecule has 0 amide bonds.